The summed E-state index contributed by atoms with van der Waals surface area (Å²) in [4.78, 5) is 10.5. The van der Waals surface area contributed by atoms with E-state index in [9.17, 15) is 4.79 Å². The lowest BCUT2D eigenvalue weighted by atomic mass is 10.0. The number of hydrogen-bond acceptors (Lipinski definition) is 1. The highest BCUT2D eigenvalue weighted by molar-refractivity contribution is 5.78. The molecule has 0 aromatic heterocycles. The van der Waals surface area contributed by atoms with Crippen LogP contribution < -0.4 is 0 Å². The zero-order valence-electron chi connectivity index (χ0n) is 5.61. The number of rotatable bonds is 3. The molecule has 1 heteroatoms. The third-order valence-corrected chi connectivity index (χ3v) is 1.21. The second kappa shape index (κ2) is 3.65. The van der Waals surface area contributed by atoms with Gasteiger partial charge in [-0.15, -0.1) is 0 Å². The molecule has 0 saturated heterocycles. The lowest BCUT2D eigenvalue weighted by molar-refractivity contribution is -0.119. The fraction of sp³-hybridized carbons (Fsp3) is 0.714. The van der Waals surface area contributed by atoms with Crippen molar-refractivity contribution in [1.29, 1.82) is 0 Å². The molecule has 0 aliphatic heterocycles. The molecule has 1 unspecified atom stereocenters. The van der Waals surface area contributed by atoms with Gasteiger partial charge in [0.15, 0.2) is 0 Å². The third-order valence-electron chi connectivity index (χ3n) is 1.21. The fourth-order valence-corrected chi connectivity index (χ4v) is 0.552. The van der Waals surface area contributed by atoms with Gasteiger partial charge in [0.1, 0.15) is 5.78 Å². The summed E-state index contributed by atoms with van der Waals surface area (Å²) in [5.74, 6) is 0.229. The van der Waals surface area contributed by atoms with Crippen LogP contribution in [0.4, 0.5) is 0 Å². The molecule has 0 spiro atoms. The van der Waals surface area contributed by atoms with Gasteiger partial charge in [0.05, 0.1) is 0 Å². The van der Waals surface area contributed by atoms with Gasteiger partial charge in [-0.3, -0.25) is 4.79 Å². The minimum atomic E-state index is 0.0278. The number of carbonyl (C=O) groups is 1. The van der Waals surface area contributed by atoms with Gasteiger partial charge in [0.2, 0.25) is 0 Å². The lowest BCUT2D eigenvalue weighted by Crippen LogP contribution is -2.04. The molecule has 1 atom stereocenters. The van der Waals surface area contributed by atoms with Crippen LogP contribution in [-0.4, -0.2) is 5.78 Å². The Balaban J connectivity index is 3.32. The summed E-state index contributed by atoms with van der Waals surface area (Å²) in [5, 5.41) is 0. The highest BCUT2D eigenvalue weighted by Gasteiger charge is 2.03. The Bertz CT molecular complexity index is 76.5. The third kappa shape index (κ3) is 2.78. The van der Waals surface area contributed by atoms with Crippen LogP contribution in [0.1, 0.15) is 26.7 Å². The molecule has 0 N–H and O–H groups in total. The summed E-state index contributed by atoms with van der Waals surface area (Å²) in [6.07, 6.45) is 1.98. The second-order valence-electron chi connectivity index (χ2n) is 2.10. The van der Waals surface area contributed by atoms with E-state index in [1.165, 1.54) is 0 Å². The molecule has 1 radical (unpaired) electrons. The lowest BCUT2D eigenvalue weighted by Gasteiger charge is -2.01. The molecule has 47 valence electrons. The molecule has 0 saturated carbocycles. The average molecular weight is 113 g/mol. The van der Waals surface area contributed by atoms with Gasteiger partial charge in [-0.25, -0.2) is 0 Å². The largest absolute Gasteiger partial charge is 0.300 e. The molecule has 0 aromatic rings. The Morgan fingerprint density at radius 1 is 1.75 bits per heavy atom. The van der Waals surface area contributed by atoms with Crippen LogP contribution in [0.5, 0.6) is 0 Å². The van der Waals surface area contributed by atoms with Crippen LogP contribution in [0.15, 0.2) is 0 Å². The van der Waals surface area contributed by atoms with Crippen molar-refractivity contribution >= 4 is 5.78 Å². The van der Waals surface area contributed by atoms with Crippen molar-refractivity contribution in [3.8, 4) is 0 Å². The number of ketones is 1. The molecule has 0 heterocycles. The first-order valence-corrected chi connectivity index (χ1v) is 3.02. The highest BCUT2D eigenvalue weighted by atomic mass is 16.1. The van der Waals surface area contributed by atoms with Crippen molar-refractivity contribution in [2.24, 2.45) is 5.92 Å². The molecule has 0 aliphatic carbocycles. The summed E-state index contributed by atoms with van der Waals surface area (Å²) in [5.41, 5.74) is 0. The minimum absolute atomic E-state index is 0.0278. The summed E-state index contributed by atoms with van der Waals surface area (Å²) in [6.45, 7) is 7.32. The van der Waals surface area contributed by atoms with E-state index in [4.69, 9.17) is 0 Å². The van der Waals surface area contributed by atoms with Gasteiger partial charge >= 0.3 is 0 Å². The van der Waals surface area contributed by atoms with E-state index in [0.717, 1.165) is 12.8 Å². The first kappa shape index (κ1) is 7.67. The van der Waals surface area contributed by atoms with E-state index in [0.29, 0.717) is 0 Å². The van der Waals surface area contributed by atoms with Crippen molar-refractivity contribution < 1.29 is 4.79 Å². The predicted octanol–water partition coefficient (Wildman–Crippen LogP) is 1.83. The minimum Gasteiger partial charge on any atom is -0.300 e. The molecular weight excluding hydrogens is 100 g/mol. The van der Waals surface area contributed by atoms with Crippen molar-refractivity contribution in [2.75, 3.05) is 0 Å². The van der Waals surface area contributed by atoms with Gasteiger partial charge in [-0.2, -0.15) is 0 Å². The maximum atomic E-state index is 10.5. The van der Waals surface area contributed by atoms with E-state index in [1.54, 1.807) is 6.92 Å². The molecule has 0 amide bonds. The van der Waals surface area contributed by atoms with E-state index < -0.39 is 0 Å². The fourth-order valence-electron chi connectivity index (χ4n) is 0.552. The Kier molecular flexibility index (Phi) is 3.49. The first-order chi connectivity index (χ1) is 3.68. The van der Waals surface area contributed by atoms with Crippen LogP contribution in [0, 0.1) is 12.8 Å². The van der Waals surface area contributed by atoms with Crippen LogP contribution in [0.25, 0.3) is 0 Å². The zero-order valence-corrected chi connectivity index (χ0v) is 5.61. The maximum absolute atomic E-state index is 10.5. The quantitative estimate of drug-likeness (QED) is 0.545. The maximum Gasteiger partial charge on any atom is 0.132 e. The van der Waals surface area contributed by atoms with Crippen LogP contribution in [0.3, 0.4) is 0 Å². The van der Waals surface area contributed by atoms with Gasteiger partial charge in [0, 0.05) is 5.92 Å². The van der Waals surface area contributed by atoms with Crippen LogP contribution >= 0.6 is 0 Å². The Hall–Kier alpha value is -0.330. The normalized spacial score (nSPS) is 13.4. The van der Waals surface area contributed by atoms with Crippen LogP contribution in [0.2, 0.25) is 0 Å². The molecule has 0 rings (SSSR count). The predicted molar refractivity (Wildman–Crippen MR) is 34.4 cm³/mol. The Labute approximate surface area is 51.1 Å². The first-order valence-electron chi connectivity index (χ1n) is 3.02. The topological polar surface area (TPSA) is 17.1 Å². The molecule has 0 aliphatic rings. The summed E-state index contributed by atoms with van der Waals surface area (Å²) in [6, 6.07) is 0. The van der Waals surface area contributed by atoms with Crippen molar-refractivity contribution in [2.45, 2.75) is 26.7 Å². The number of hydrogen-bond donors (Lipinski definition) is 0. The van der Waals surface area contributed by atoms with Crippen molar-refractivity contribution in [1.82, 2.24) is 0 Å². The van der Waals surface area contributed by atoms with E-state index >= 15 is 0 Å². The number of Topliss-reactive ketones (excluding diaryl/α,β-unsaturated/α-hetero) is 1. The summed E-state index contributed by atoms with van der Waals surface area (Å²) in [7, 11) is 0. The molecule has 0 aromatic carbocycles. The van der Waals surface area contributed by atoms with E-state index in [1.807, 2.05) is 0 Å². The molecule has 0 fully saturated rings. The van der Waals surface area contributed by atoms with Crippen molar-refractivity contribution in [3.63, 3.8) is 0 Å². The standard InChI is InChI=1S/C7H13O/c1-4-5-6(2)7(3)8/h6H,2,4-5H2,1,3H3. The summed E-state index contributed by atoms with van der Waals surface area (Å²) < 4.78 is 0. The number of carbonyl (C=O) groups excluding carboxylic acids is 1. The van der Waals surface area contributed by atoms with Gasteiger partial charge in [-0.1, -0.05) is 13.3 Å². The average Bonchev–Trinajstić information content (AvgIpc) is 1.67. The molecule has 0 bridgehead atoms. The SMILES string of the molecule is [CH2]C(CCC)C(C)=O. The highest BCUT2D eigenvalue weighted by Crippen LogP contribution is 2.03. The Morgan fingerprint density at radius 3 is 2.38 bits per heavy atom. The van der Waals surface area contributed by atoms with E-state index in [2.05, 4.69) is 13.8 Å². The monoisotopic (exact) mass is 113 g/mol. The van der Waals surface area contributed by atoms with E-state index in [-0.39, 0.29) is 11.7 Å². The smallest absolute Gasteiger partial charge is 0.132 e. The molecule has 1 nitrogen and oxygen atoms in total. The van der Waals surface area contributed by atoms with Gasteiger partial charge in [-0.05, 0) is 20.3 Å². The van der Waals surface area contributed by atoms with Gasteiger partial charge < -0.3 is 0 Å². The van der Waals surface area contributed by atoms with Crippen LogP contribution in [-0.2, 0) is 4.79 Å². The molecule has 8 heavy (non-hydrogen) atoms. The molecular formula is C7H13O. The zero-order chi connectivity index (χ0) is 6.57. The summed E-state index contributed by atoms with van der Waals surface area (Å²) >= 11 is 0. The van der Waals surface area contributed by atoms with Crippen molar-refractivity contribution in [3.05, 3.63) is 6.92 Å². The van der Waals surface area contributed by atoms with Gasteiger partial charge in [0.25, 0.3) is 0 Å². The second-order valence-corrected chi connectivity index (χ2v) is 2.10. The Morgan fingerprint density at radius 2 is 2.25 bits per heavy atom.